The van der Waals surface area contributed by atoms with Gasteiger partial charge in [0.2, 0.25) is 0 Å². The van der Waals surface area contributed by atoms with Crippen LogP contribution < -0.4 is 5.73 Å². The number of fused-ring (bicyclic) bond motifs is 3. The summed E-state index contributed by atoms with van der Waals surface area (Å²) in [6.45, 7) is 2.93. The molecule has 3 nitrogen and oxygen atoms in total. The molecule has 3 aromatic rings. The lowest BCUT2D eigenvalue weighted by atomic mass is 10.0. The van der Waals surface area contributed by atoms with E-state index < -0.39 is 0 Å². The van der Waals surface area contributed by atoms with E-state index in [2.05, 4.69) is 34.5 Å². The summed E-state index contributed by atoms with van der Waals surface area (Å²) in [5.74, 6) is 0.538. The van der Waals surface area contributed by atoms with Gasteiger partial charge in [-0.15, -0.1) is 0 Å². The first kappa shape index (κ1) is 10.7. The molecule has 1 aromatic carbocycles. The predicted octanol–water partition coefficient (Wildman–Crippen LogP) is 2.69. The van der Waals surface area contributed by atoms with Crippen LogP contribution >= 0.6 is 11.3 Å². The van der Waals surface area contributed by atoms with Crippen LogP contribution in [0.3, 0.4) is 0 Å². The minimum atomic E-state index is 0.538. The highest BCUT2D eigenvalue weighted by Gasteiger charge is 2.07. The summed E-state index contributed by atoms with van der Waals surface area (Å²) in [5, 5.41) is 0. The molecule has 0 aliphatic heterocycles. The number of benzene rings is 1. The van der Waals surface area contributed by atoms with Gasteiger partial charge in [-0.3, -0.25) is 4.40 Å². The summed E-state index contributed by atoms with van der Waals surface area (Å²) < 4.78 is 3.44. The molecule has 2 N–H and O–H groups in total. The fraction of sp³-hybridized carbons (Fsp3) is 0.308. The van der Waals surface area contributed by atoms with Crippen molar-refractivity contribution < 1.29 is 0 Å². The van der Waals surface area contributed by atoms with Crippen molar-refractivity contribution in [3.63, 3.8) is 0 Å². The summed E-state index contributed by atoms with van der Waals surface area (Å²) in [4.78, 5) is 5.38. The number of nitrogens with two attached hydrogens (primary N) is 1. The number of hydrogen-bond donors (Lipinski definition) is 1. The first-order valence-electron chi connectivity index (χ1n) is 5.82. The van der Waals surface area contributed by atoms with Gasteiger partial charge in [0.05, 0.1) is 10.2 Å². The van der Waals surface area contributed by atoms with E-state index in [4.69, 9.17) is 5.73 Å². The number of nitrogens with zero attached hydrogens (tertiary/aromatic N) is 2. The fourth-order valence-electron chi connectivity index (χ4n) is 2.10. The van der Waals surface area contributed by atoms with Crippen molar-refractivity contribution in [1.29, 1.82) is 0 Å². The van der Waals surface area contributed by atoms with Gasteiger partial charge < -0.3 is 5.73 Å². The van der Waals surface area contributed by atoms with Crippen molar-refractivity contribution in [2.24, 2.45) is 11.7 Å². The van der Waals surface area contributed by atoms with Crippen LogP contribution in [0.2, 0.25) is 0 Å². The molecule has 4 heteroatoms. The number of aromatic nitrogens is 2. The van der Waals surface area contributed by atoms with Crippen molar-refractivity contribution in [3.05, 3.63) is 36.2 Å². The van der Waals surface area contributed by atoms with Crippen LogP contribution in [0, 0.1) is 5.92 Å². The van der Waals surface area contributed by atoms with Crippen molar-refractivity contribution >= 4 is 26.5 Å². The molecule has 0 bridgehead atoms. The van der Waals surface area contributed by atoms with Gasteiger partial charge in [0.15, 0.2) is 4.96 Å². The lowest BCUT2D eigenvalue weighted by Gasteiger charge is -2.07. The maximum absolute atomic E-state index is 5.67. The van der Waals surface area contributed by atoms with Gasteiger partial charge in [-0.1, -0.05) is 24.3 Å². The first-order valence-corrected chi connectivity index (χ1v) is 6.64. The standard InChI is InChI=1S/C13H15N3S/c1-9(8-14)6-10-2-3-11-12(7-10)17-13-15-4-5-16(11)13/h2-5,7,9H,6,8,14H2,1H3. The molecular weight excluding hydrogens is 230 g/mol. The Hall–Kier alpha value is -1.39. The summed E-state index contributed by atoms with van der Waals surface area (Å²) in [5.41, 5.74) is 8.27. The first-order chi connectivity index (χ1) is 8.28. The number of rotatable bonds is 3. The molecule has 0 fully saturated rings. The SMILES string of the molecule is CC(CN)Cc1ccc2c(c1)sc1nccn12. The van der Waals surface area contributed by atoms with Gasteiger partial charge in [-0.25, -0.2) is 4.98 Å². The second kappa shape index (κ2) is 4.13. The number of imidazole rings is 1. The predicted molar refractivity (Wildman–Crippen MR) is 72.5 cm³/mol. The van der Waals surface area contributed by atoms with Crippen molar-refractivity contribution in [3.8, 4) is 0 Å². The molecule has 2 heterocycles. The van der Waals surface area contributed by atoms with Crippen LogP contribution in [-0.4, -0.2) is 15.9 Å². The zero-order valence-electron chi connectivity index (χ0n) is 9.76. The molecule has 17 heavy (non-hydrogen) atoms. The van der Waals surface area contributed by atoms with Gasteiger partial charge >= 0.3 is 0 Å². The highest BCUT2D eigenvalue weighted by Crippen LogP contribution is 2.26. The third-order valence-electron chi connectivity index (χ3n) is 3.08. The molecule has 1 atom stereocenters. The Bertz CT molecular complexity index is 653. The van der Waals surface area contributed by atoms with E-state index in [-0.39, 0.29) is 0 Å². The molecule has 0 aliphatic carbocycles. The van der Waals surface area contributed by atoms with E-state index in [0.717, 1.165) is 17.9 Å². The average Bonchev–Trinajstić information content (AvgIpc) is 2.88. The smallest absolute Gasteiger partial charge is 0.194 e. The summed E-state index contributed by atoms with van der Waals surface area (Å²) in [6.07, 6.45) is 4.90. The Kier molecular flexibility index (Phi) is 2.61. The molecule has 0 saturated carbocycles. The van der Waals surface area contributed by atoms with Gasteiger partial charge in [-0.05, 0) is 36.6 Å². The Morgan fingerprint density at radius 3 is 3.18 bits per heavy atom. The molecule has 3 rings (SSSR count). The van der Waals surface area contributed by atoms with Crippen LogP contribution in [0.1, 0.15) is 12.5 Å². The highest BCUT2D eigenvalue weighted by molar-refractivity contribution is 7.23. The Balaban J connectivity index is 2.06. The topological polar surface area (TPSA) is 43.3 Å². The second-order valence-corrected chi connectivity index (χ2v) is 5.54. The zero-order valence-corrected chi connectivity index (χ0v) is 10.6. The maximum atomic E-state index is 5.67. The van der Waals surface area contributed by atoms with Gasteiger partial charge in [0.25, 0.3) is 0 Å². The van der Waals surface area contributed by atoms with E-state index in [1.807, 2.05) is 12.4 Å². The normalized spacial score (nSPS) is 13.5. The quantitative estimate of drug-likeness (QED) is 0.771. The van der Waals surface area contributed by atoms with E-state index in [0.29, 0.717) is 5.92 Å². The lowest BCUT2D eigenvalue weighted by molar-refractivity contribution is 0.593. The average molecular weight is 245 g/mol. The zero-order chi connectivity index (χ0) is 11.8. The molecular formula is C13H15N3S. The van der Waals surface area contributed by atoms with Crippen LogP contribution in [-0.2, 0) is 6.42 Å². The minimum absolute atomic E-state index is 0.538. The van der Waals surface area contributed by atoms with Crippen molar-refractivity contribution in [2.75, 3.05) is 6.54 Å². The molecule has 0 radical (unpaired) electrons. The Morgan fingerprint density at radius 2 is 2.35 bits per heavy atom. The second-order valence-electron chi connectivity index (χ2n) is 4.53. The van der Waals surface area contributed by atoms with Crippen LogP contribution in [0.4, 0.5) is 0 Å². The van der Waals surface area contributed by atoms with Crippen molar-refractivity contribution in [1.82, 2.24) is 9.38 Å². The van der Waals surface area contributed by atoms with E-state index in [1.54, 1.807) is 11.3 Å². The van der Waals surface area contributed by atoms with Gasteiger partial charge in [0.1, 0.15) is 0 Å². The number of thiazole rings is 1. The molecule has 2 aromatic heterocycles. The monoisotopic (exact) mass is 245 g/mol. The van der Waals surface area contributed by atoms with Gasteiger partial charge in [-0.2, -0.15) is 0 Å². The molecule has 0 saturated heterocycles. The molecule has 1 unspecified atom stereocenters. The fourth-order valence-corrected chi connectivity index (χ4v) is 3.15. The summed E-state index contributed by atoms with van der Waals surface area (Å²) in [6, 6.07) is 6.64. The Labute approximate surface area is 104 Å². The van der Waals surface area contributed by atoms with Crippen molar-refractivity contribution in [2.45, 2.75) is 13.3 Å². The maximum Gasteiger partial charge on any atom is 0.194 e. The van der Waals surface area contributed by atoms with E-state index in [9.17, 15) is 0 Å². The minimum Gasteiger partial charge on any atom is -0.330 e. The largest absolute Gasteiger partial charge is 0.330 e. The highest BCUT2D eigenvalue weighted by atomic mass is 32.1. The van der Waals surface area contributed by atoms with E-state index >= 15 is 0 Å². The molecule has 88 valence electrons. The van der Waals surface area contributed by atoms with Gasteiger partial charge in [0, 0.05) is 12.4 Å². The van der Waals surface area contributed by atoms with Crippen LogP contribution in [0.5, 0.6) is 0 Å². The summed E-state index contributed by atoms with van der Waals surface area (Å²) in [7, 11) is 0. The summed E-state index contributed by atoms with van der Waals surface area (Å²) >= 11 is 1.74. The van der Waals surface area contributed by atoms with Crippen LogP contribution in [0.15, 0.2) is 30.6 Å². The third kappa shape index (κ3) is 1.83. The lowest BCUT2D eigenvalue weighted by Crippen LogP contribution is -2.12. The van der Waals surface area contributed by atoms with E-state index in [1.165, 1.54) is 15.8 Å². The molecule has 0 spiro atoms. The van der Waals surface area contributed by atoms with Crippen LogP contribution in [0.25, 0.3) is 15.2 Å². The molecule has 0 aliphatic rings. The third-order valence-corrected chi connectivity index (χ3v) is 4.11. The molecule has 0 amide bonds. The number of hydrogen-bond acceptors (Lipinski definition) is 3. The Morgan fingerprint density at radius 1 is 1.47 bits per heavy atom.